The van der Waals surface area contributed by atoms with Crippen molar-refractivity contribution in [3.8, 4) is 5.75 Å². The van der Waals surface area contributed by atoms with E-state index in [-0.39, 0.29) is 18.5 Å². The summed E-state index contributed by atoms with van der Waals surface area (Å²) in [4.78, 5) is 26.4. The number of aromatic nitrogens is 1. The highest BCUT2D eigenvalue weighted by Gasteiger charge is 2.32. The smallest absolute Gasteiger partial charge is 0.321 e. The Bertz CT molecular complexity index is 957. The van der Waals surface area contributed by atoms with Crippen LogP contribution in [0.25, 0.3) is 0 Å². The van der Waals surface area contributed by atoms with E-state index in [1.165, 1.54) is 18.7 Å². The summed E-state index contributed by atoms with van der Waals surface area (Å²) in [6.45, 7) is -2.33. The van der Waals surface area contributed by atoms with Crippen LogP contribution in [0.2, 0.25) is 0 Å². The van der Waals surface area contributed by atoms with Crippen molar-refractivity contribution in [2.75, 3.05) is 11.4 Å². The van der Waals surface area contributed by atoms with Crippen LogP contribution in [0.3, 0.4) is 0 Å². The number of fused-ring (bicyclic) bond motifs is 1. The molecule has 2 aliphatic rings. The highest BCUT2D eigenvalue weighted by atomic mass is 19.3. The predicted molar refractivity (Wildman–Crippen MR) is 109 cm³/mol. The number of anilines is 1. The molecule has 30 heavy (non-hydrogen) atoms. The number of nitrogens with zero attached hydrogens (tertiary/aromatic N) is 2. The van der Waals surface area contributed by atoms with Crippen molar-refractivity contribution in [2.24, 2.45) is 0 Å². The van der Waals surface area contributed by atoms with Crippen LogP contribution in [0.1, 0.15) is 44.2 Å². The first-order chi connectivity index (χ1) is 14.5. The summed E-state index contributed by atoms with van der Waals surface area (Å²) in [6, 6.07) is 10.2. The Morgan fingerprint density at radius 2 is 1.90 bits per heavy atom. The van der Waals surface area contributed by atoms with Gasteiger partial charge < -0.3 is 15.0 Å². The van der Waals surface area contributed by atoms with Gasteiger partial charge in [-0.15, -0.1) is 0 Å². The van der Waals surface area contributed by atoms with Gasteiger partial charge >= 0.3 is 6.55 Å². The number of benzene rings is 1. The lowest BCUT2D eigenvalue weighted by molar-refractivity contribution is -0.128. The average molecular weight is 417 g/mol. The third-order valence-electron chi connectivity index (χ3n) is 5.69. The standard InChI is InChI=1S/C22H25F2N3O3/c23-22(24)27-13-15(10-11-20(27)28)12-26-14-19(30-18-9-5-4-8-17(18)26)21(29)25-16-6-2-1-3-7-16/h4-5,8-11,13,16,19,22H,1-3,6-7,12,14H2,(H,25,29). The molecule has 8 heteroatoms. The number of para-hydroxylation sites is 2. The normalized spacial score (nSPS) is 19.3. The molecular weight excluding hydrogens is 392 g/mol. The van der Waals surface area contributed by atoms with Crippen molar-refractivity contribution in [3.63, 3.8) is 0 Å². The van der Waals surface area contributed by atoms with Crippen molar-refractivity contribution in [2.45, 2.75) is 57.3 Å². The highest BCUT2D eigenvalue weighted by Crippen LogP contribution is 2.34. The minimum atomic E-state index is -2.90. The van der Waals surface area contributed by atoms with Crippen LogP contribution in [-0.4, -0.2) is 29.2 Å². The molecule has 1 N–H and O–H groups in total. The molecule has 1 saturated carbocycles. The van der Waals surface area contributed by atoms with Gasteiger partial charge in [-0.2, -0.15) is 8.78 Å². The number of nitrogens with one attached hydrogen (secondary N) is 1. The molecule has 1 aromatic carbocycles. The lowest BCUT2D eigenvalue weighted by Gasteiger charge is -2.36. The Kier molecular flexibility index (Phi) is 6.01. The largest absolute Gasteiger partial charge is 0.477 e. The summed E-state index contributed by atoms with van der Waals surface area (Å²) in [5, 5.41) is 3.10. The summed E-state index contributed by atoms with van der Waals surface area (Å²) in [5.41, 5.74) is 0.591. The Hall–Kier alpha value is -2.90. The van der Waals surface area contributed by atoms with Gasteiger partial charge in [-0.05, 0) is 30.5 Å². The van der Waals surface area contributed by atoms with Gasteiger partial charge in [-0.3, -0.25) is 14.2 Å². The molecule has 2 heterocycles. The fourth-order valence-corrected chi connectivity index (χ4v) is 4.15. The number of alkyl halides is 2. The van der Waals surface area contributed by atoms with Crippen LogP contribution in [0.15, 0.2) is 47.4 Å². The van der Waals surface area contributed by atoms with Gasteiger partial charge in [0.05, 0.1) is 12.2 Å². The molecule has 1 aliphatic carbocycles. The minimum Gasteiger partial charge on any atom is -0.477 e. The fraction of sp³-hybridized carbons (Fsp3) is 0.455. The summed E-state index contributed by atoms with van der Waals surface area (Å²) in [6.07, 6.45) is 5.87. The van der Waals surface area contributed by atoms with Crippen molar-refractivity contribution in [3.05, 3.63) is 58.5 Å². The lowest BCUT2D eigenvalue weighted by Crippen LogP contribution is -2.51. The Morgan fingerprint density at radius 3 is 2.67 bits per heavy atom. The number of halogens is 2. The number of carbonyl (C=O) groups is 1. The van der Waals surface area contributed by atoms with E-state index in [0.29, 0.717) is 22.4 Å². The molecule has 1 aromatic heterocycles. The number of hydrogen-bond donors (Lipinski definition) is 1. The second-order valence-corrected chi connectivity index (χ2v) is 7.86. The zero-order valence-electron chi connectivity index (χ0n) is 16.6. The summed E-state index contributed by atoms with van der Waals surface area (Å²) in [5.74, 6) is 0.425. The highest BCUT2D eigenvalue weighted by molar-refractivity contribution is 5.83. The molecule has 1 atom stereocenters. The van der Waals surface area contributed by atoms with E-state index in [0.717, 1.165) is 37.4 Å². The molecule has 2 aromatic rings. The monoisotopic (exact) mass is 417 g/mol. The van der Waals surface area contributed by atoms with Crippen LogP contribution >= 0.6 is 0 Å². The minimum absolute atomic E-state index is 0.154. The first-order valence-electron chi connectivity index (χ1n) is 10.3. The van der Waals surface area contributed by atoms with Crippen LogP contribution in [0.4, 0.5) is 14.5 Å². The van der Waals surface area contributed by atoms with Crippen LogP contribution < -0.4 is 20.5 Å². The molecule has 1 amide bonds. The molecule has 4 rings (SSSR count). The summed E-state index contributed by atoms with van der Waals surface area (Å²) < 4.78 is 32.6. The summed E-state index contributed by atoms with van der Waals surface area (Å²) in [7, 11) is 0. The van der Waals surface area contributed by atoms with E-state index in [1.54, 1.807) is 6.07 Å². The third-order valence-corrected chi connectivity index (χ3v) is 5.69. The number of rotatable bonds is 5. The molecule has 0 radical (unpaired) electrons. The first-order valence-corrected chi connectivity index (χ1v) is 10.3. The molecule has 160 valence electrons. The maximum atomic E-state index is 13.1. The Balaban J connectivity index is 1.54. The molecular formula is C22H25F2N3O3. The van der Waals surface area contributed by atoms with Gasteiger partial charge in [0, 0.05) is 24.8 Å². The van der Waals surface area contributed by atoms with E-state index in [2.05, 4.69) is 5.32 Å². The first kappa shape index (κ1) is 20.4. The van der Waals surface area contributed by atoms with Crippen LogP contribution in [0.5, 0.6) is 5.75 Å². The van der Waals surface area contributed by atoms with E-state index < -0.39 is 18.2 Å². The maximum Gasteiger partial charge on any atom is 0.321 e. The maximum absolute atomic E-state index is 13.1. The molecule has 0 spiro atoms. The molecule has 6 nitrogen and oxygen atoms in total. The lowest BCUT2D eigenvalue weighted by atomic mass is 9.95. The Labute approximate surface area is 173 Å². The van der Waals surface area contributed by atoms with E-state index >= 15 is 0 Å². The Morgan fingerprint density at radius 1 is 1.13 bits per heavy atom. The molecule has 1 aliphatic heterocycles. The zero-order valence-corrected chi connectivity index (χ0v) is 16.6. The number of amides is 1. The van der Waals surface area contributed by atoms with Crippen LogP contribution in [0, 0.1) is 0 Å². The van der Waals surface area contributed by atoms with Gasteiger partial charge in [0.2, 0.25) is 0 Å². The predicted octanol–water partition coefficient (Wildman–Crippen LogP) is 3.46. The van der Waals surface area contributed by atoms with Crippen LogP contribution in [-0.2, 0) is 11.3 Å². The van der Waals surface area contributed by atoms with Gasteiger partial charge in [0.25, 0.3) is 11.5 Å². The van der Waals surface area contributed by atoms with E-state index in [4.69, 9.17) is 4.74 Å². The van der Waals surface area contributed by atoms with Crippen molar-refractivity contribution >= 4 is 11.6 Å². The topological polar surface area (TPSA) is 63.6 Å². The molecule has 0 saturated heterocycles. The SMILES string of the molecule is O=C(NC1CCCCC1)C1CN(Cc2ccc(=O)n(C(F)F)c2)c2ccccc2O1. The third kappa shape index (κ3) is 4.47. The number of hydrogen-bond acceptors (Lipinski definition) is 4. The number of carbonyl (C=O) groups excluding carboxylic acids is 1. The van der Waals surface area contributed by atoms with Gasteiger partial charge in [0.1, 0.15) is 5.75 Å². The number of pyridine rings is 1. The van der Waals surface area contributed by atoms with E-state index in [1.807, 2.05) is 23.1 Å². The van der Waals surface area contributed by atoms with Crippen molar-refractivity contribution < 1.29 is 18.3 Å². The van der Waals surface area contributed by atoms with Crippen molar-refractivity contribution in [1.29, 1.82) is 0 Å². The zero-order chi connectivity index (χ0) is 21.1. The average Bonchev–Trinajstić information content (AvgIpc) is 2.75. The van der Waals surface area contributed by atoms with E-state index in [9.17, 15) is 18.4 Å². The quantitative estimate of drug-likeness (QED) is 0.809. The van der Waals surface area contributed by atoms with Gasteiger partial charge in [0.15, 0.2) is 6.10 Å². The second-order valence-electron chi connectivity index (χ2n) is 7.86. The molecule has 1 fully saturated rings. The fourth-order valence-electron chi connectivity index (χ4n) is 4.15. The second kappa shape index (κ2) is 8.85. The summed E-state index contributed by atoms with van der Waals surface area (Å²) >= 11 is 0. The van der Waals surface area contributed by atoms with Crippen molar-refractivity contribution in [1.82, 2.24) is 9.88 Å². The number of ether oxygens (including phenoxy) is 1. The molecule has 1 unspecified atom stereocenters. The van der Waals surface area contributed by atoms with Gasteiger partial charge in [-0.1, -0.05) is 37.5 Å². The van der Waals surface area contributed by atoms with Gasteiger partial charge in [-0.25, -0.2) is 0 Å². The molecule has 0 bridgehead atoms.